The summed E-state index contributed by atoms with van der Waals surface area (Å²) in [5, 5.41) is 7.88. The molecule has 0 spiro atoms. The summed E-state index contributed by atoms with van der Waals surface area (Å²) in [7, 11) is 0. The number of piperidine rings is 1. The van der Waals surface area contributed by atoms with E-state index in [1.807, 2.05) is 46.3 Å². The van der Waals surface area contributed by atoms with Crippen LogP contribution in [-0.4, -0.2) is 166 Å². The van der Waals surface area contributed by atoms with Gasteiger partial charge in [-0.3, -0.25) is 24.2 Å². The number of hydrogen-bond acceptors (Lipinski definition) is 12. The summed E-state index contributed by atoms with van der Waals surface area (Å²) in [6.07, 6.45) is 13.2. The summed E-state index contributed by atoms with van der Waals surface area (Å²) in [6, 6.07) is 8.75. The largest absolute Gasteiger partial charge is 0.444 e. The van der Waals surface area contributed by atoms with E-state index in [1.165, 1.54) is 25.6 Å². The molecule has 5 N–H and O–H groups in total. The molecule has 17 nitrogen and oxygen atoms in total. The SMILES string of the molecule is CC(C)(C)OC(=O)NC1(C(=O)N[C@@H](CCN2CCN(C(=O)C34CCC(CN5CCN(C(=O)[C@H](N)C6CCCCC6)CC5)(CC3)OC4)CC2)c2ccc(Cl)cc2)CCN(c2ncnc3[nH]ccc23)CC1. The first-order valence-corrected chi connectivity index (χ1v) is 26.0. The van der Waals surface area contributed by atoms with Crippen molar-refractivity contribution in [1.82, 2.24) is 45.2 Å². The summed E-state index contributed by atoms with van der Waals surface area (Å²) in [5.41, 5.74) is 5.45. The van der Waals surface area contributed by atoms with E-state index >= 15 is 0 Å². The average Bonchev–Trinajstić information content (AvgIpc) is 3.85. The maximum absolute atomic E-state index is 14.7. The van der Waals surface area contributed by atoms with E-state index < -0.39 is 22.6 Å². The second-order valence-electron chi connectivity index (χ2n) is 21.9. The second-order valence-corrected chi connectivity index (χ2v) is 22.3. The number of anilines is 1. The van der Waals surface area contributed by atoms with E-state index in [0.29, 0.717) is 82.6 Å². The van der Waals surface area contributed by atoms with E-state index in [1.54, 1.807) is 20.8 Å². The number of aromatic amines is 1. The fraction of sp³-hybridized carbons (Fsp3) is 0.686. The zero-order valence-corrected chi connectivity index (χ0v) is 41.7. The van der Waals surface area contributed by atoms with Crippen LogP contribution in [0.25, 0.3) is 11.0 Å². The molecule has 2 atom stereocenters. The van der Waals surface area contributed by atoms with E-state index in [4.69, 9.17) is 26.8 Å². The highest BCUT2D eigenvalue weighted by molar-refractivity contribution is 6.30. The Balaban J connectivity index is 0.775. The Morgan fingerprint density at radius 2 is 1.52 bits per heavy atom. The number of piperazine rings is 2. The molecule has 5 saturated heterocycles. The van der Waals surface area contributed by atoms with Crippen LogP contribution in [0.3, 0.4) is 0 Å². The van der Waals surface area contributed by atoms with E-state index in [9.17, 15) is 19.2 Å². The van der Waals surface area contributed by atoms with E-state index in [-0.39, 0.29) is 35.4 Å². The quantitative estimate of drug-likeness (QED) is 0.174. The topological polar surface area (TPSA) is 195 Å². The van der Waals surface area contributed by atoms with Crippen molar-refractivity contribution in [2.45, 2.75) is 127 Å². The molecule has 7 heterocycles. The fourth-order valence-corrected chi connectivity index (χ4v) is 12.1. The normalized spacial score (nSPS) is 25.8. The van der Waals surface area contributed by atoms with Gasteiger partial charge in [-0.15, -0.1) is 0 Å². The highest BCUT2D eigenvalue weighted by Crippen LogP contribution is 2.50. The Hall–Kier alpha value is -4.55. The molecule has 7 aliphatic rings. The molecule has 5 aliphatic heterocycles. The molecule has 2 aliphatic carbocycles. The monoisotopic (exact) mass is 972 g/mol. The number of carbonyl (C=O) groups is 4. The van der Waals surface area contributed by atoms with Crippen molar-refractivity contribution in [3.63, 3.8) is 0 Å². The van der Waals surface area contributed by atoms with Gasteiger partial charge in [0, 0.05) is 89.8 Å². The third kappa shape index (κ3) is 11.2. The number of carbonyl (C=O) groups excluding carboxylic acids is 4. The predicted molar refractivity (Wildman–Crippen MR) is 265 cm³/mol. The number of ether oxygens (including phenoxy) is 2. The highest BCUT2D eigenvalue weighted by Gasteiger charge is 2.55. The first-order chi connectivity index (χ1) is 33.1. The van der Waals surface area contributed by atoms with Crippen molar-refractivity contribution in [2.75, 3.05) is 90.0 Å². The van der Waals surface area contributed by atoms with Crippen LogP contribution in [0.2, 0.25) is 5.02 Å². The van der Waals surface area contributed by atoms with E-state index in [2.05, 4.69) is 40.3 Å². The first kappa shape index (κ1) is 49.4. The Labute approximate surface area is 411 Å². The number of nitrogens with two attached hydrogens (primary N) is 1. The van der Waals surface area contributed by atoms with Crippen LogP contribution in [-0.2, 0) is 23.9 Å². The molecule has 2 saturated carbocycles. The van der Waals surface area contributed by atoms with Crippen molar-refractivity contribution in [2.24, 2.45) is 17.1 Å². The third-order valence-corrected chi connectivity index (χ3v) is 16.5. The minimum atomic E-state index is -1.24. The smallest absolute Gasteiger partial charge is 0.408 e. The van der Waals surface area contributed by atoms with Crippen LogP contribution in [0.1, 0.15) is 109 Å². The minimum absolute atomic E-state index is 0.118. The molecule has 2 aromatic heterocycles. The van der Waals surface area contributed by atoms with Gasteiger partial charge < -0.3 is 45.5 Å². The number of hydrogen-bond donors (Lipinski definition) is 4. The lowest BCUT2D eigenvalue weighted by Crippen LogP contribution is -2.64. The second kappa shape index (κ2) is 20.7. The molecule has 0 unspecified atom stereocenters. The lowest BCUT2D eigenvalue weighted by molar-refractivity contribution is -0.203. The molecule has 18 heteroatoms. The molecule has 69 heavy (non-hydrogen) atoms. The average molecular weight is 973 g/mol. The number of amides is 4. The van der Waals surface area contributed by atoms with Crippen LogP contribution < -0.4 is 21.3 Å². The minimum Gasteiger partial charge on any atom is -0.444 e. The third-order valence-electron chi connectivity index (χ3n) is 16.3. The molecular weight excluding hydrogens is 898 g/mol. The number of aromatic nitrogens is 3. The van der Waals surface area contributed by atoms with Gasteiger partial charge in [-0.25, -0.2) is 14.8 Å². The van der Waals surface area contributed by atoms with Crippen molar-refractivity contribution < 1.29 is 28.7 Å². The van der Waals surface area contributed by atoms with Gasteiger partial charge in [0.2, 0.25) is 17.7 Å². The van der Waals surface area contributed by atoms with Crippen molar-refractivity contribution in [3.05, 3.63) is 53.4 Å². The van der Waals surface area contributed by atoms with Gasteiger partial charge in [-0.1, -0.05) is 43.0 Å². The summed E-state index contributed by atoms with van der Waals surface area (Å²) < 4.78 is 12.4. The molecule has 10 rings (SSSR count). The van der Waals surface area contributed by atoms with Gasteiger partial charge in [-0.05, 0) is 108 Å². The van der Waals surface area contributed by atoms with Gasteiger partial charge in [-0.2, -0.15) is 0 Å². The van der Waals surface area contributed by atoms with Crippen molar-refractivity contribution >= 4 is 52.3 Å². The molecule has 376 valence electrons. The van der Waals surface area contributed by atoms with Gasteiger partial charge >= 0.3 is 6.09 Å². The zero-order valence-electron chi connectivity index (χ0n) is 41.0. The summed E-state index contributed by atoms with van der Waals surface area (Å²) in [4.78, 5) is 78.8. The summed E-state index contributed by atoms with van der Waals surface area (Å²) >= 11 is 6.34. The van der Waals surface area contributed by atoms with Crippen LogP contribution in [0.5, 0.6) is 0 Å². The van der Waals surface area contributed by atoms with Crippen molar-refractivity contribution in [3.8, 4) is 0 Å². The van der Waals surface area contributed by atoms with Gasteiger partial charge in [0.25, 0.3) is 0 Å². The molecule has 4 amide bonds. The number of benzene rings is 1. The number of alkyl carbamates (subject to hydrolysis) is 1. The highest BCUT2D eigenvalue weighted by atomic mass is 35.5. The molecule has 3 aromatic rings. The summed E-state index contributed by atoms with van der Waals surface area (Å²) in [5.74, 6) is 1.16. The lowest BCUT2D eigenvalue weighted by atomic mass is 9.65. The van der Waals surface area contributed by atoms with Crippen LogP contribution in [0, 0.1) is 11.3 Å². The Bertz CT molecular complexity index is 2250. The lowest BCUT2D eigenvalue weighted by Gasteiger charge is -2.55. The number of nitrogens with zero attached hydrogens (tertiary/aromatic N) is 7. The predicted octanol–water partition coefficient (Wildman–Crippen LogP) is 5.25. The van der Waals surface area contributed by atoms with Crippen LogP contribution >= 0.6 is 11.6 Å². The molecular formula is C51H74ClN11O6. The first-order valence-electron chi connectivity index (χ1n) is 25.7. The molecule has 7 fully saturated rings. The maximum atomic E-state index is 14.7. The maximum Gasteiger partial charge on any atom is 0.408 e. The molecule has 0 radical (unpaired) electrons. The summed E-state index contributed by atoms with van der Waals surface area (Å²) in [6.45, 7) is 14.1. The number of nitrogens with one attached hydrogen (secondary N) is 3. The van der Waals surface area contributed by atoms with Gasteiger partial charge in [0.15, 0.2) is 0 Å². The van der Waals surface area contributed by atoms with Gasteiger partial charge in [0.1, 0.15) is 28.9 Å². The fourth-order valence-electron chi connectivity index (χ4n) is 11.9. The Kier molecular flexibility index (Phi) is 14.8. The van der Waals surface area contributed by atoms with Crippen LogP contribution in [0.15, 0.2) is 42.9 Å². The zero-order chi connectivity index (χ0) is 48.4. The molecule has 1 aromatic carbocycles. The van der Waals surface area contributed by atoms with E-state index in [0.717, 1.165) is 93.7 Å². The number of rotatable bonds is 13. The number of fused-ring (bicyclic) bond motifs is 4. The van der Waals surface area contributed by atoms with Crippen molar-refractivity contribution in [1.29, 1.82) is 0 Å². The standard InChI is InChI=1S/C51H74ClN11O6/c1-48(2,3)69-47(67)58-51(19-23-61(24-20-51)43-39-13-21-54-42(39)55-35-56-43)45(65)57-40(36-9-11-38(52)12-10-36)14-22-59-25-31-63(32-26-59)46(66)49-15-17-50(18-16-49,68-34-49)33-60-27-29-62(30-28-60)44(64)41(53)37-7-5-4-6-8-37/h9-13,21,35,37,40-41H,4-8,14-20,22-34,53H2,1-3H3,(H,57,65)(H,58,67)(H,54,55,56)/t40-,41+,49?,50?/m0/s1. The number of H-pyrrole nitrogens is 1. The Morgan fingerprint density at radius 3 is 2.17 bits per heavy atom. The molecule has 2 bridgehead atoms. The van der Waals surface area contributed by atoms with Gasteiger partial charge in [0.05, 0.1) is 35.1 Å². The Morgan fingerprint density at radius 1 is 0.855 bits per heavy atom. The number of halogens is 1. The van der Waals surface area contributed by atoms with Crippen LogP contribution in [0.4, 0.5) is 10.6 Å².